The molecule has 0 aromatic carbocycles. The van der Waals surface area contributed by atoms with Crippen LogP contribution in [0.5, 0.6) is 0 Å². The summed E-state index contributed by atoms with van der Waals surface area (Å²) in [7, 11) is 1.48. The molecule has 0 aliphatic heterocycles. The first kappa shape index (κ1) is 84.9. The maximum absolute atomic E-state index is 13.6. The van der Waals surface area contributed by atoms with Gasteiger partial charge < -0.3 is 19.4 Å². The number of phosphoric ester groups is 1. The number of amides is 1. The third-order valence-electron chi connectivity index (χ3n) is 16.3. The summed E-state index contributed by atoms with van der Waals surface area (Å²) >= 11 is 0. The second kappa shape index (κ2) is 66.8. The van der Waals surface area contributed by atoms with E-state index in [1.54, 1.807) is 0 Å². The third kappa shape index (κ3) is 67.3. The second-order valence-electron chi connectivity index (χ2n) is 26.1. The Morgan fingerprint density at radius 1 is 0.409 bits per heavy atom. The molecule has 10 heteroatoms. The normalized spacial score (nSPS) is 14.0. The number of unbranched alkanes of at least 4 members (excludes halogenated alkanes) is 37. The number of rotatable bonds is 67. The molecule has 0 rings (SSSR count). The topological polar surface area (TPSA) is 111 Å². The van der Waals surface area contributed by atoms with Gasteiger partial charge in [-0.05, 0) is 109 Å². The Bertz CT molecular complexity index is 1830. The first-order valence-electron chi connectivity index (χ1n) is 37.1. The van der Waals surface area contributed by atoms with E-state index < -0.39 is 20.0 Å². The molecule has 0 bridgehead atoms. The van der Waals surface area contributed by atoms with E-state index >= 15 is 0 Å². The van der Waals surface area contributed by atoms with Crippen molar-refractivity contribution in [3.8, 4) is 0 Å². The molecular weight excluding hydrogens is 1110 g/mol. The van der Waals surface area contributed by atoms with E-state index in [-0.39, 0.29) is 31.5 Å². The van der Waals surface area contributed by atoms with E-state index in [1.807, 2.05) is 33.3 Å². The second-order valence-corrected chi connectivity index (χ2v) is 27.5. The Labute approximate surface area is 545 Å². The molecule has 1 amide bonds. The predicted molar refractivity (Wildman–Crippen MR) is 383 cm³/mol. The molecule has 3 atom stereocenters. The zero-order valence-corrected chi connectivity index (χ0v) is 59.3. The Morgan fingerprint density at radius 2 is 0.727 bits per heavy atom. The third-order valence-corrected chi connectivity index (χ3v) is 17.2. The predicted octanol–water partition coefficient (Wildman–Crippen LogP) is 23.8. The van der Waals surface area contributed by atoms with Crippen molar-refractivity contribution in [3.05, 3.63) is 97.2 Å². The van der Waals surface area contributed by atoms with Crippen molar-refractivity contribution in [1.29, 1.82) is 0 Å². The average molecular weight is 1250 g/mol. The summed E-state index contributed by atoms with van der Waals surface area (Å²) in [6.45, 7) is 6.91. The Hall–Kier alpha value is -3.07. The van der Waals surface area contributed by atoms with Gasteiger partial charge in [0.2, 0.25) is 5.91 Å². The van der Waals surface area contributed by atoms with Crippen molar-refractivity contribution in [3.63, 3.8) is 0 Å². The lowest BCUT2D eigenvalue weighted by molar-refractivity contribution is -0.870. The van der Waals surface area contributed by atoms with Crippen LogP contribution in [-0.2, 0) is 27.9 Å². The van der Waals surface area contributed by atoms with Gasteiger partial charge in [-0.1, -0.05) is 311 Å². The van der Waals surface area contributed by atoms with E-state index in [1.165, 1.54) is 193 Å². The monoisotopic (exact) mass is 1250 g/mol. The molecule has 0 heterocycles. The highest BCUT2D eigenvalue weighted by molar-refractivity contribution is 7.47. The number of quaternary nitrogens is 1. The number of ether oxygens (including phenoxy) is 1. The number of hydrogen-bond donors (Lipinski definition) is 2. The maximum Gasteiger partial charge on any atom is 0.472 e. The summed E-state index contributed by atoms with van der Waals surface area (Å²) in [5, 5.41) is 3.07. The highest BCUT2D eigenvalue weighted by Gasteiger charge is 2.30. The Balaban J connectivity index is 5.05. The number of carbonyl (C=O) groups excluding carboxylic acids is 2. The van der Waals surface area contributed by atoms with Crippen LogP contribution in [0.2, 0.25) is 0 Å². The summed E-state index contributed by atoms with van der Waals surface area (Å²) in [6, 6.07) is -0.865. The molecule has 0 aliphatic carbocycles. The number of allylic oxidation sites excluding steroid dienone is 15. The molecule has 0 radical (unpaired) electrons. The van der Waals surface area contributed by atoms with Crippen LogP contribution in [-0.4, -0.2) is 74.3 Å². The van der Waals surface area contributed by atoms with Crippen molar-refractivity contribution in [2.45, 2.75) is 348 Å². The van der Waals surface area contributed by atoms with Crippen molar-refractivity contribution >= 4 is 19.7 Å². The van der Waals surface area contributed by atoms with Crippen LogP contribution in [0.25, 0.3) is 0 Å². The van der Waals surface area contributed by atoms with E-state index in [4.69, 9.17) is 13.8 Å². The quantitative estimate of drug-likeness (QED) is 0.0205. The van der Waals surface area contributed by atoms with Gasteiger partial charge in [0, 0.05) is 12.8 Å². The Morgan fingerprint density at radius 3 is 1.10 bits per heavy atom. The Kier molecular flexibility index (Phi) is 64.5. The van der Waals surface area contributed by atoms with Crippen LogP contribution in [0.15, 0.2) is 97.2 Å². The van der Waals surface area contributed by atoms with Crippen molar-refractivity contribution in [1.82, 2.24) is 5.32 Å². The first-order chi connectivity index (χ1) is 42.9. The molecule has 510 valence electrons. The number of phosphoric acid groups is 1. The van der Waals surface area contributed by atoms with E-state index in [0.717, 1.165) is 103 Å². The van der Waals surface area contributed by atoms with Crippen molar-refractivity contribution in [2.75, 3.05) is 40.9 Å². The van der Waals surface area contributed by atoms with Gasteiger partial charge in [-0.2, -0.15) is 0 Å². The minimum atomic E-state index is -4.47. The average Bonchev–Trinajstić information content (AvgIpc) is 3.71. The minimum absolute atomic E-state index is 0.0330. The van der Waals surface area contributed by atoms with Crippen LogP contribution < -0.4 is 5.32 Å². The zero-order valence-electron chi connectivity index (χ0n) is 58.5. The minimum Gasteiger partial charge on any atom is -0.456 e. The van der Waals surface area contributed by atoms with Gasteiger partial charge in [-0.25, -0.2) is 4.57 Å². The number of nitrogens with zero attached hydrogens (tertiary/aromatic N) is 1. The molecule has 0 fully saturated rings. The van der Waals surface area contributed by atoms with Gasteiger partial charge in [-0.3, -0.25) is 18.6 Å². The molecule has 0 aromatic heterocycles. The lowest BCUT2D eigenvalue weighted by atomic mass is 10.0. The lowest BCUT2D eigenvalue weighted by Crippen LogP contribution is -2.47. The fraction of sp³-hybridized carbons (Fsp3) is 0.769. The van der Waals surface area contributed by atoms with Crippen LogP contribution in [0.4, 0.5) is 0 Å². The number of hydrogen-bond acceptors (Lipinski definition) is 6. The highest BCUT2D eigenvalue weighted by atomic mass is 31.2. The van der Waals surface area contributed by atoms with Gasteiger partial charge in [0.15, 0.2) is 0 Å². The standard InChI is InChI=1S/C78H141N2O7P/c1-7-10-13-16-19-22-25-28-30-32-34-36-38-39-40-41-43-44-46-48-50-52-55-58-61-64-67-70-77(81)79-75(74-86-88(83,84)85-73-72-80(4,5)6)76(69-66-63-60-57-54-27-24-21-18-15-12-9-3)87-78(82)71-68-65-62-59-56-53-51-49-47-45-42-37-35-33-31-29-26-23-20-17-14-11-8-2/h11,14,20,23,28-31,35,37,45,47,51,53,66,69,75-76H,7-10,12-13,15-19,21-22,24-27,32-34,36,38-44,46,48-50,52,54-65,67-68,70-74H2,1-6H3,(H-,79,81,83,84)/p+1/b14-11-,23-20-,30-28+,31-29-,37-35-,47-45-,53-51-,69-66-. The largest absolute Gasteiger partial charge is 0.472 e. The molecule has 0 spiro atoms. The van der Waals surface area contributed by atoms with Gasteiger partial charge >= 0.3 is 13.8 Å². The SMILES string of the molecule is CC/C=C\C/C=C\C/C=C\C/C=C\C/C=C\C/C=C\CCCCCCC(=O)OC(/C=C\CCCCCCCCCCCC)C(COP(=O)(O)OCC[N+](C)(C)C)NC(=O)CCCCCCCCCCCCCCCCCCC/C=C/CCCCCCCC. The van der Waals surface area contributed by atoms with Crippen LogP contribution in [0.1, 0.15) is 335 Å². The molecule has 0 saturated heterocycles. The molecular formula is C78H142N2O7P+. The summed E-state index contributed by atoms with van der Waals surface area (Å²) in [5.74, 6) is -0.527. The summed E-state index contributed by atoms with van der Waals surface area (Å²) in [4.78, 5) is 37.9. The first-order valence-corrected chi connectivity index (χ1v) is 38.6. The zero-order chi connectivity index (χ0) is 64.2. The van der Waals surface area contributed by atoms with E-state index in [9.17, 15) is 19.0 Å². The van der Waals surface area contributed by atoms with E-state index in [0.29, 0.717) is 23.9 Å². The summed E-state index contributed by atoms with van der Waals surface area (Å²) in [5.41, 5.74) is 0. The molecule has 0 aliphatic rings. The molecule has 2 N–H and O–H groups in total. The molecule has 88 heavy (non-hydrogen) atoms. The number of esters is 1. The van der Waals surface area contributed by atoms with Crippen LogP contribution >= 0.6 is 7.82 Å². The molecule has 0 aromatic rings. The number of carbonyl (C=O) groups is 2. The maximum atomic E-state index is 13.6. The van der Waals surface area contributed by atoms with Gasteiger partial charge in [-0.15, -0.1) is 0 Å². The van der Waals surface area contributed by atoms with Crippen molar-refractivity contribution in [2.24, 2.45) is 0 Å². The van der Waals surface area contributed by atoms with E-state index in [2.05, 4.69) is 111 Å². The molecule has 0 saturated carbocycles. The fourth-order valence-corrected chi connectivity index (χ4v) is 11.3. The van der Waals surface area contributed by atoms with Crippen molar-refractivity contribution < 1.29 is 37.3 Å². The van der Waals surface area contributed by atoms with Crippen LogP contribution in [0.3, 0.4) is 0 Å². The summed E-state index contributed by atoms with van der Waals surface area (Å²) < 4.78 is 30.8. The van der Waals surface area contributed by atoms with Gasteiger partial charge in [0.1, 0.15) is 19.3 Å². The van der Waals surface area contributed by atoms with Crippen LogP contribution in [0, 0.1) is 0 Å². The molecule has 9 nitrogen and oxygen atoms in total. The number of nitrogens with one attached hydrogen (secondary N) is 1. The molecule has 3 unspecified atom stereocenters. The number of likely N-dealkylation sites (N-methyl/N-ethyl adjacent to an activating group) is 1. The smallest absolute Gasteiger partial charge is 0.456 e. The summed E-state index contributed by atoms with van der Waals surface area (Å²) in [6.07, 6.45) is 91.5. The van der Waals surface area contributed by atoms with Gasteiger partial charge in [0.05, 0.1) is 33.8 Å². The fourth-order valence-electron chi connectivity index (χ4n) is 10.6. The van der Waals surface area contributed by atoms with Gasteiger partial charge in [0.25, 0.3) is 0 Å². The highest BCUT2D eigenvalue weighted by Crippen LogP contribution is 2.43. The lowest BCUT2D eigenvalue weighted by Gasteiger charge is -2.27.